The van der Waals surface area contributed by atoms with Crippen LogP contribution in [0.25, 0.3) is 12.2 Å². The number of phenolic OH excluding ortho intramolecular Hbond substituents is 4. The number of aliphatic hydroxyl groups excluding tert-OH is 1. The molecule has 41 heavy (non-hydrogen) atoms. The Bertz CT molecular complexity index is 1340. The van der Waals surface area contributed by atoms with E-state index in [1.807, 2.05) is 6.92 Å². The Morgan fingerprint density at radius 1 is 0.902 bits per heavy atom. The normalized spacial score (nSPS) is 23.3. The average molecular weight is 572 g/mol. The number of nitrogens with one attached hydrogen (secondary N) is 1. The van der Waals surface area contributed by atoms with Gasteiger partial charge in [-0.15, -0.1) is 0 Å². The van der Waals surface area contributed by atoms with E-state index in [1.54, 1.807) is 6.92 Å². The smallest absolute Gasteiger partial charge is 0.331 e. The van der Waals surface area contributed by atoms with Gasteiger partial charge in [-0.25, -0.2) is 9.59 Å². The highest BCUT2D eigenvalue weighted by Gasteiger charge is 2.52. The summed E-state index contributed by atoms with van der Waals surface area (Å²) >= 11 is 0. The summed E-state index contributed by atoms with van der Waals surface area (Å²) in [6, 6.07) is 7.41. The highest BCUT2D eigenvalue weighted by molar-refractivity contribution is 5.89. The fourth-order valence-electron chi connectivity index (χ4n) is 4.13. The van der Waals surface area contributed by atoms with Gasteiger partial charge < -0.3 is 45.4 Å². The number of aliphatic hydroxyl groups is 2. The zero-order valence-corrected chi connectivity index (χ0v) is 22.4. The van der Waals surface area contributed by atoms with Crippen molar-refractivity contribution in [3.05, 3.63) is 59.7 Å². The third-order valence-electron chi connectivity index (χ3n) is 6.59. The van der Waals surface area contributed by atoms with Crippen LogP contribution in [0.4, 0.5) is 0 Å². The van der Waals surface area contributed by atoms with Crippen molar-refractivity contribution in [1.29, 1.82) is 0 Å². The number of benzene rings is 2. The van der Waals surface area contributed by atoms with Gasteiger partial charge in [-0.1, -0.05) is 19.1 Å². The molecule has 0 bridgehead atoms. The molecular formula is C29H33NO11. The van der Waals surface area contributed by atoms with Crippen LogP contribution in [0.2, 0.25) is 0 Å². The van der Waals surface area contributed by atoms with Gasteiger partial charge in [-0.2, -0.15) is 0 Å². The maximum atomic E-state index is 12.8. The molecule has 1 aliphatic carbocycles. The number of hydrogen-bond acceptors (Lipinski definition) is 11. The summed E-state index contributed by atoms with van der Waals surface area (Å²) in [6.07, 6.45) is -0.360. The first-order valence-corrected chi connectivity index (χ1v) is 12.8. The molecule has 0 radical (unpaired) electrons. The SMILES string of the molecule is CCC(C)NC(=O)[C@@]1(O)C[C@@H](O)[C@H](OC(=O)/C=C/c2ccc(O)c(O)c2)[C@H](OC(=O)/C=C/c2ccc(O)c(O)c2)C1. The van der Waals surface area contributed by atoms with Gasteiger partial charge >= 0.3 is 11.9 Å². The predicted molar refractivity (Wildman–Crippen MR) is 145 cm³/mol. The highest BCUT2D eigenvalue weighted by atomic mass is 16.6. The Morgan fingerprint density at radius 2 is 1.41 bits per heavy atom. The molecular weight excluding hydrogens is 538 g/mol. The zero-order chi connectivity index (χ0) is 30.3. The fraction of sp³-hybridized carbons (Fsp3) is 0.345. The van der Waals surface area contributed by atoms with Crippen LogP contribution in [-0.2, 0) is 23.9 Å². The van der Waals surface area contributed by atoms with Gasteiger partial charge in [-0.3, -0.25) is 4.79 Å². The minimum Gasteiger partial charge on any atom is -0.504 e. The Labute approximate surface area is 235 Å². The van der Waals surface area contributed by atoms with Crippen molar-refractivity contribution in [2.45, 2.75) is 63.1 Å². The van der Waals surface area contributed by atoms with E-state index >= 15 is 0 Å². The number of amides is 1. The van der Waals surface area contributed by atoms with Gasteiger partial charge in [-0.05, 0) is 60.9 Å². The van der Waals surface area contributed by atoms with Crippen molar-refractivity contribution in [3.8, 4) is 23.0 Å². The van der Waals surface area contributed by atoms with E-state index in [9.17, 15) is 45.0 Å². The van der Waals surface area contributed by atoms with Crippen LogP contribution in [0.3, 0.4) is 0 Å². The molecule has 0 saturated heterocycles. The molecule has 12 heteroatoms. The lowest BCUT2D eigenvalue weighted by molar-refractivity contribution is -0.198. The van der Waals surface area contributed by atoms with E-state index in [0.717, 1.165) is 12.2 Å². The standard InChI is InChI=1S/C29H33NO11/c1-3-16(2)30-28(38)29(39)14-23(35)27(41-26(37)11-7-18-5-9-20(32)22(34)13-18)24(15-29)40-25(36)10-6-17-4-8-19(31)21(33)12-17/h4-13,16,23-24,27,31-35,39H,3,14-15H2,1-2H3,(H,30,38)/b10-6+,11-7+/t16?,23-,24-,27+,29-/m1/s1. The Balaban J connectivity index is 1.80. The maximum Gasteiger partial charge on any atom is 0.331 e. The summed E-state index contributed by atoms with van der Waals surface area (Å²) in [5.41, 5.74) is -1.44. The van der Waals surface area contributed by atoms with Crippen LogP contribution in [0.1, 0.15) is 44.2 Å². The molecule has 3 rings (SSSR count). The van der Waals surface area contributed by atoms with Gasteiger partial charge in [0, 0.05) is 31.0 Å². The summed E-state index contributed by atoms with van der Waals surface area (Å²) < 4.78 is 10.8. The van der Waals surface area contributed by atoms with Gasteiger partial charge in [0.05, 0.1) is 6.10 Å². The number of hydrogen-bond donors (Lipinski definition) is 7. The zero-order valence-electron chi connectivity index (χ0n) is 22.4. The molecule has 0 aliphatic heterocycles. The van der Waals surface area contributed by atoms with E-state index in [4.69, 9.17) is 9.47 Å². The van der Waals surface area contributed by atoms with Gasteiger partial charge in [0.1, 0.15) is 11.7 Å². The molecule has 0 spiro atoms. The summed E-state index contributed by atoms with van der Waals surface area (Å²) in [6.45, 7) is 3.56. The second-order valence-electron chi connectivity index (χ2n) is 9.83. The molecule has 2 aromatic rings. The largest absolute Gasteiger partial charge is 0.504 e. The molecule has 0 heterocycles. The van der Waals surface area contributed by atoms with Crippen LogP contribution >= 0.6 is 0 Å². The van der Waals surface area contributed by atoms with E-state index in [2.05, 4.69) is 5.32 Å². The second kappa shape index (κ2) is 13.2. The Hall–Kier alpha value is -4.55. The summed E-state index contributed by atoms with van der Waals surface area (Å²) in [7, 11) is 0. The molecule has 1 fully saturated rings. The highest BCUT2D eigenvalue weighted by Crippen LogP contribution is 2.34. The fourth-order valence-corrected chi connectivity index (χ4v) is 4.13. The third-order valence-corrected chi connectivity index (χ3v) is 6.59. The van der Waals surface area contributed by atoms with Crippen molar-refractivity contribution in [1.82, 2.24) is 5.32 Å². The predicted octanol–water partition coefficient (Wildman–Crippen LogP) is 1.86. The molecule has 1 aliphatic rings. The van der Waals surface area contributed by atoms with Gasteiger partial charge in [0.15, 0.2) is 29.1 Å². The first-order chi connectivity index (χ1) is 19.3. The minimum absolute atomic E-state index is 0.283. The van der Waals surface area contributed by atoms with Crippen LogP contribution in [0.15, 0.2) is 48.6 Å². The van der Waals surface area contributed by atoms with Crippen LogP contribution < -0.4 is 5.32 Å². The molecule has 1 unspecified atom stereocenters. The maximum absolute atomic E-state index is 12.8. The molecule has 2 aromatic carbocycles. The number of rotatable bonds is 9. The molecule has 5 atom stereocenters. The van der Waals surface area contributed by atoms with E-state index in [-0.39, 0.29) is 17.5 Å². The van der Waals surface area contributed by atoms with Crippen molar-refractivity contribution in [2.24, 2.45) is 0 Å². The van der Waals surface area contributed by atoms with Gasteiger partial charge in [0.2, 0.25) is 0 Å². The van der Waals surface area contributed by atoms with Crippen molar-refractivity contribution >= 4 is 30.0 Å². The molecule has 220 valence electrons. The van der Waals surface area contributed by atoms with Crippen LogP contribution in [-0.4, -0.2) is 78.4 Å². The number of aromatic hydroxyl groups is 4. The molecule has 7 N–H and O–H groups in total. The average Bonchev–Trinajstić information content (AvgIpc) is 2.91. The van der Waals surface area contributed by atoms with Crippen molar-refractivity contribution in [3.63, 3.8) is 0 Å². The van der Waals surface area contributed by atoms with E-state index in [0.29, 0.717) is 17.5 Å². The van der Waals surface area contributed by atoms with Crippen LogP contribution in [0.5, 0.6) is 23.0 Å². The molecule has 0 aromatic heterocycles. The number of ether oxygens (including phenoxy) is 2. The second-order valence-corrected chi connectivity index (χ2v) is 9.83. The first kappa shape index (κ1) is 31.0. The van der Waals surface area contributed by atoms with E-state index in [1.165, 1.54) is 48.6 Å². The molecule has 1 amide bonds. The third kappa shape index (κ3) is 8.22. The minimum atomic E-state index is -2.14. The summed E-state index contributed by atoms with van der Waals surface area (Å²) in [5, 5.41) is 62.7. The van der Waals surface area contributed by atoms with Crippen molar-refractivity contribution < 1.29 is 54.5 Å². The lowest BCUT2D eigenvalue weighted by Crippen LogP contribution is -2.61. The summed E-state index contributed by atoms with van der Waals surface area (Å²) in [4.78, 5) is 38.1. The number of phenols is 4. The first-order valence-electron chi connectivity index (χ1n) is 12.8. The van der Waals surface area contributed by atoms with E-state index < -0.39 is 66.1 Å². The summed E-state index contributed by atoms with van der Waals surface area (Å²) in [5.74, 6) is -4.20. The topological polar surface area (TPSA) is 203 Å². The number of esters is 2. The Kier molecular flexibility index (Phi) is 9.98. The van der Waals surface area contributed by atoms with Crippen molar-refractivity contribution in [2.75, 3.05) is 0 Å². The lowest BCUT2D eigenvalue weighted by Gasteiger charge is -2.42. The Morgan fingerprint density at radius 3 is 1.90 bits per heavy atom. The monoisotopic (exact) mass is 571 g/mol. The van der Waals surface area contributed by atoms with Gasteiger partial charge in [0.25, 0.3) is 5.91 Å². The quantitative estimate of drug-likeness (QED) is 0.131. The molecule has 1 saturated carbocycles. The molecule has 12 nitrogen and oxygen atoms in total. The number of carbonyl (C=O) groups excluding carboxylic acids is 3. The number of carbonyl (C=O) groups is 3. The van der Waals surface area contributed by atoms with Crippen LogP contribution in [0, 0.1) is 0 Å². The lowest BCUT2D eigenvalue weighted by atomic mass is 9.78.